The van der Waals surface area contributed by atoms with Crippen molar-refractivity contribution in [2.45, 2.75) is 0 Å². The van der Waals surface area contributed by atoms with Gasteiger partial charge in [0.05, 0.1) is 5.71 Å². The van der Waals surface area contributed by atoms with Gasteiger partial charge in [0.1, 0.15) is 11.4 Å². The summed E-state index contributed by atoms with van der Waals surface area (Å²) in [6, 6.07) is 0. The van der Waals surface area contributed by atoms with Crippen LogP contribution in [0.3, 0.4) is 0 Å². The molecule has 4 nitrogen and oxygen atoms in total. The largest absolute Gasteiger partial charge is 0.477 e. The summed E-state index contributed by atoms with van der Waals surface area (Å²) in [4.78, 5) is 25.7. The van der Waals surface area contributed by atoms with Gasteiger partial charge < -0.3 is 5.11 Å². The van der Waals surface area contributed by atoms with E-state index in [9.17, 15) is 18.4 Å². The van der Waals surface area contributed by atoms with Crippen LogP contribution in [0.5, 0.6) is 0 Å². The summed E-state index contributed by atoms with van der Waals surface area (Å²) in [7, 11) is 0. The molecular formula is C10H4F2NO3. The van der Waals surface area contributed by atoms with E-state index in [0.29, 0.717) is 6.08 Å². The van der Waals surface area contributed by atoms with Crippen molar-refractivity contribution >= 4 is 17.5 Å². The molecule has 2 aliphatic rings. The first-order chi connectivity index (χ1) is 7.50. The van der Waals surface area contributed by atoms with Crippen LogP contribution < -0.4 is 0 Å². The predicted molar refractivity (Wildman–Crippen MR) is 49.8 cm³/mol. The lowest BCUT2D eigenvalue weighted by molar-refractivity contribution is -0.134. The van der Waals surface area contributed by atoms with Crippen LogP contribution in [0.2, 0.25) is 0 Å². The van der Waals surface area contributed by atoms with Crippen molar-refractivity contribution in [1.29, 1.82) is 0 Å². The molecule has 0 saturated heterocycles. The van der Waals surface area contributed by atoms with Crippen molar-refractivity contribution in [3.8, 4) is 0 Å². The lowest BCUT2D eigenvalue weighted by Gasteiger charge is -2.15. The maximum absolute atomic E-state index is 12.9. The lowest BCUT2D eigenvalue weighted by atomic mass is 9.92. The fourth-order valence-electron chi connectivity index (χ4n) is 1.32. The third kappa shape index (κ3) is 1.48. The highest BCUT2D eigenvalue weighted by molar-refractivity contribution is 6.38. The summed E-state index contributed by atoms with van der Waals surface area (Å²) in [6.07, 6.45) is 1.00. The maximum Gasteiger partial charge on any atom is 0.341 e. The van der Waals surface area contributed by atoms with Crippen LogP contribution in [0, 0.1) is 6.17 Å². The van der Waals surface area contributed by atoms with Crippen LogP contribution in [-0.4, -0.2) is 22.6 Å². The molecular weight excluding hydrogens is 220 g/mol. The molecule has 1 aliphatic carbocycles. The van der Waals surface area contributed by atoms with Gasteiger partial charge in [-0.05, 0) is 12.2 Å². The van der Waals surface area contributed by atoms with E-state index in [-0.39, 0.29) is 11.3 Å². The zero-order chi connectivity index (χ0) is 11.9. The number of hydrogen-bond acceptors (Lipinski definition) is 3. The second-order valence-electron chi connectivity index (χ2n) is 3.09. The van der Waals surface area contributed by atoms with Gasteiger partial charge in [0, 0.05) is 11.8 Å². The Morgan fingerprint density at radius 2 is 2.00 bits per heavy atom. The van der Waals surface area contributed by atoms with Gasteiger partial charge in [0.25, 0.3) is 0 Å². The highest BCUT2D eigenvalue weighted by Crippen LogP contribution is 2.29. The summed E-state index contributed by atoms with van der Waals surface area (Å²) < 4.78 is 25.7. The number of aliphatic carboxylic acids is 1. The Kier molecular flexibility index (Phi) is 2.26. The molecule has 0 fully saturated rings. The zero-order valence-corrected chi connectivity index (χ0v) is 7.70. The SMILES string of the molecule is O=C(O)C1=CN=C2C=C(F)[C](F)C=C2C1=O. The summed E-state index contributed by atoms with van der Waals surface area (Å²) in [5, 5.41) is 8.64. The highest BCUT2D eigenvalue weighted by Gasteiger charge is 2.32. The van der Waals surface area contributed by atoms with Gasteiger partial charge in [-0.3, -0.25) is 9.79 Å². The first-order valence-corrected chi connectivity index (χ1v) is 4.19. The number of carboxylic acid groups (broad SMARTS) is 1. The fourth-order valence-corrected chi connectivity index (χ4v) is 1.32. The molecule has 0 aromatic carbocycles. The Bertz CT molecular complexity index is 514. The molecule has 6 heteroatoms. The van der Waals surface area contributed by atoms with Crippen molar-refractivity contribution in [2.24, 2.45) is 4.99 Å². The van der Waals surface area contributed by atoms with Crippen molar-refractivity contribution < 1.29 is 23.5 Å². The molecule has 0 atom stereocenters. The van der Waals surface area contributed by atoms with Crippen molar-refractivity contribution in [1.82, 2.24) is 0 Å². The third-order valence-corrected chi connectivity index (χ3v) is 2.09. The molecule has 2 rings (SSSR count). The number of aliphatic imine (C=N–C) groups is 1. The number of halogens is 2. The normalized spacial score (nSPS) is 20.5. The highest BCUT2D eigenvalue weighted by atomic mass is 19.2. The third-order valence-electron chi connectivity index (χ3n) is 2.09. The van der Waals surface area contributed by atoms with Gasteiger partial charge in [-0.15, -0.1) is 0 Å². The van der Waals surface area contributed by atoms with Gasteiger partial charge in [0.2, 0.25) is 12.0 Å². The molecule has 0 unspecified atom stereocenters. The summed E-state index contributed by atoms with van der Waals surface area (Å²) >= 11 is 0. The minimum Gasteiger partial charge on any atom is -0.477 e. The number of ketones is 1. The number of rotatable bonds is 1. The number of carboxylic acids is 1. The number of carbonyl (C=O) groups excluding carboxylic acids is 1. The smallest absolute Gasteiger partial charge is 0.341 e. The van der Waals surface area contributed by atoms with Gasteiger partial charge in [-0.25, -0.2) is 13.6 Å². The quantitative estimate of drug-likeness (QED) is 0.682. The minimum atomic E-state index is -1.45. The van der Waals surface area contributed by atoms with Gasteiger partial charge in [0.15, 0.2) is 0 Å². The molecule has 0 amide bonds. The van der Waals surface area contributed by atoms with Crippen molar-refractivity contribution in [3.63, 3.8) is 0 Å². The molecule has 16 heavy (non-hydrogen) atoms. The average molecular weight is 224 g/mol. The Labute approximate surface area is 88.3 Å². The molecule has 1 heterocycles. The van der Waals surface area contributed by atoms with Crippen molar-refractivity contribution in [2.75, 3.05) is 0 Å². The molecule has 0 aromatic heterocycles. The van der Waals surface area contributed by atoms with Crippen LogP contribution in [0.25, 0.3) is 0 Å². The molecule has 0 bridgehead atoms. The van der Waals surface area contributed by atoms with E-state index in [1.165, 1.54) is 0 Å². The Balaban J connectivity index is 2.51. The Hall–Kier alpha value is -2.11. The van der Waals surface area contributed by atoms with Gasteiger partial charge >= 0.3 is 5.97 Å². The van der Waals surface area contributed by atoms with E-state index < -0.39 is 29.3 Å². The molecule has 1 aliphatic heterocycles. The number of nitrogens with zero attached hydrogens (tertiary/aromatic N) is 1. The van der Waals surface area contributed by atoms with Gasteiger partial charge in [-0.1, -0.05) is 0 Å². The number of allylic oxidation sites excluding steroid dienone is 4. The van der Waals surface area contributed by atoms with Crippen LogP contribution in [-0.2, 0) is 9.59 Å². The molecule has 81 valence electrons. The number of fused-ring (bicyclic) bond motifs is 1. The summed E-state index contributed by atoms with van der Waals surface area (Å²) in [5.74, 6) is -3.47. The minimum absolute atomic E-state index is 0.0751. The molecule has 1 N–H and O–H groups in total. The average Bonchev–Trinajstić information content (AvgIpc) is 2.21. The number of hydrogen-bond donors (Lipinski definition) is 1. The molecule has 0 aromatic rings. The summed E-state index contributed by atoms with van der Waals surface area (Å²) in [5.41, 5.74) is -0.897. The van der Waals surface area contributed by atoms with Crippen LogP contribution in [0.1, 0.15) is 0 Å². The number of Topliss-reactive ketones (excluding diaryl/α,β-unsaturated/α-hetero) is 1. The number of carbonyl (C=O) groups is 2. The van der Waals surface area contributed by atoms with Crippen LogP contribution >= 0.6 is 0 Å². The van der Waals surface area contributed by atoms with Gasteiger partial charge in [-0.2, -0.15) is 0 Å². The molecule has 0 saturated carbocycles. The molecule has 1 radical (unpaired) electrons. The van der Waals surface area contributed by atoms with E-state index in [2.05, 4.69) is 4.99 Å². The second-order valence-corrected chi connectivity index (χ2v) is 3.09. The second kappa shape index (κ2) is 3.48. The first-order valence-electron chi connectivity index (χ1n) is 4.19. The lowest BCUT2D eigenvalue weighted by Crippen LogP contribution is -2.24. The predicted octanol–water partition coefficient (Wildman–Crippen LogP) is 1.27. The van der Waals surface area contributed by atoms with E-state index >= 15 is 0 Å². The maximum atomic E-state index is 12.9. The first kappa shape index (κ1) is 10.4. The standard InChI is InChI=1S/C10H4F2NO3/c11-6-1-4-8(2-7(6)12)13-3-5(9(4)14)10(15)16/h1-3H,(H,15,16). The van der Waals surface area contributed by atoms with E-state index in [4.69, 9.17) is 5.11 Å². The fraction of sp³-hybridized carbons (Fsp3) is 0. The molecule has 0 spiro atoms. The Morgan fingerprint density at radius 3 is 2.62 bits per heavy atom. The summed E-state index contributed by atoms with van der Waals surface area (Å²) in [6.45, 7) is 0. The Morgan fingerprint density at radius 1 is 1.31 bits per heavy atom. The van der Waals surface area contributed by atoms with E-state index in [1.54, 1.807) is 0 Å². The van der Waals surface area contributed by atoms with Crippen molar-refractivity contribution in [3.05, 3.63) is 41.5 Å². The van der Waals surface area contributed by atoms with E-state index in [1.807, 2.05) is 0 Å². The van der Waals surface area contributed by atoms with Crippen LogP contribution in [0.15, 0.2) is 40.3 Å². The van der Waals surface area contributed by atoms with Crippen LogP contribution in [0.4, 0.5) is 8.78 Å². The topological polar surface area (TPSA) is 66.7 Å². The monoisotopic (exact) mass is 224 g/mol. The van der Waals surface area contributed by atoms with E-state index in [0.717, 1.165) is 12.3 Å². The zero-order valence-electron chi connectivity index (χ0n) is 7.70.